The summed E-state index contributed by atoms with van der Waals surface area (Å²) in [7, 11) is 0. The molecule has 3 rings (SSSR count). The highest BCUT2D eigenvalue weighted by atomic mass is 19.1. The molecule has 2 heterocycles. The number of nitrogens with one attached hydrogen (secondary N) is 1. The van der Waals surface area contributed by atoms with E-state index in [2.05, 4.69) is 5.32 Å². The van der Waals surface area contributed by atoms with Crippen molar-refractivity contribution in [1.82, 2.24) is 5.32 Å². The first kappa shape index (κ1) is 11.0. The Morgan fingerprint density at radius 2 is 1.88 bits per heavy atom. The van der Waals surface area contributed by atoms with Gasteiger partial charge in [0.1, 0.15) is 11.6 Å². The number of rotatable bonds is 3. The van der Waals surface area contributed by atoms with Gasteiger partial charge in [0.2, 0.25) is 0 Å². The Hall–Kier alpha value is -1.09. The second-order valence-electron chi connectivity index (χ2n) is 5.15. The summed E-state index contributed by atoms with van der Waals surface area (Å²) in [5.41, 5.74) is 0. The molecular formula is C14H18FNO. The fourth-order valence-corrected chi connectivity index (χ4v) is 3.00. The Kier molecular flexibility index (Phi) is 3.02. The van der Waals surface area contributed by atoms with Gasteiger partial charge in [0, 0.05) is 18.0 Å². The van der Waals surface area contributed by atoms with E-state index < -0.39 is 0 Å². The first-order valence-corrected chi connectivity index (χ1v) is 6.46. The van der Waals surface area contributed by atoms with Crippen LogP contribution in [0, 0.1) is 11.7 Å². The van der Waals surface area contributed by atoms with Gasteiger partial charge in [-0.05, 0) is 49.9 Å². The maximum atomic E-state index is 12.7. The van der Waals surface area contributed by atoms with E-state index in [0.29, 0.717) is 12.0 Å². The molecule has 17 heavy (non-hydrogen) atoms. The average molecular weight is 235 g/mol. The molecule has 0 aliphatic carbocycles. The van der Waals surface area contributed by atoms with Crippen molar-refractivity contribution in [3.8, 4) is 5.75 Å². The summed E-state index contributed by atoms with van der Waals surface area (Å²) >= 11 is 0. The standard InChI is InChI=1S/C14H18FNO/c15-11-2-6-13(7-3-11)17-9-10-1-4-12-5-8-14(10)16-12/h2-3,6-7,10,12,14,16H,1,4-5,8-9H2/t10-,12?,14-/m0/s1. The summed E-state index contributed by atoms with van der Waals surface area (Å²) < 4.78 is 18.5. The average Bonchev–Trinajstić information content (AvgIpc) is 2.73. The number of benzene rings is 1. The highest BCUT2D eigenvalue weighted by Crippen LogP contribution is 2.31. The molecule has 92 valence electrons. The maximum Gasteiger partial charge on any atom is 0.123 e. The maximum absolute atomic E-state index is 12.7. The van der Waals surface area contributed by atoms with Gasteiger partial charge in [0.15, 0.2) is 0 Å². The van der Waals surface area contributed by atoms with Gasteiger partial charge in [-0.1, -0.05) is 0 Å². The molecule has 2 bridgehead atoms. The van der Waals surface area contributed by atoms with Crippen LogP contribution in [0.25, 0.3) is 0 Å². The lowest BCUT2D eigenvalue weighted by molar-refractivity contribution is 0.182. The summed E-state index contributed by atoms with van der Waals surface area (Å²) in [6.07, 6.45) is 5.12. The van der Waals surface area contributed by atoms with Crippen LogP contribution in [0.1, 0.15) is 25.7 Å². The molecule has 0 spiro atoms. The van der Waals surface area contributed by atoms with Gasteiger partial charge in [-0.2, -0.15) is 0 Å². The number of ether oxygens (including phenoxy) is 1. The lowest BCUT2D eigenvalue weighted by Gasteiger charge is -2.30. The lowest BCUT2D eigenvalue weighted by atomic mass is 9.93. The van der Waals surface area contributed by atoms with Crippen LogP contribution >= 0.6 is 0 Å². The normalized spacial score (nSPS) is 31.5. The fourth-order valence-electron chi connectivity index (χ4n) is 3.00. The third kappa shape index (κ3) is 2.44. The van der Waals surface area contributed by atoms with E-state index in [1.165, 1.54) is 37.8 Å². The topological polar surface area (TPSA) is 21.3 Å². The van der Waals surface area contributed by atoms with Crippen LogP contribution in [0.4, 0.5) is 4.39 Å². The highest BCUT2D eigenvalue weighted by Gasteiger charge is 2.35. The Bertz CT molecular complexity index is 378. The van der Waals surface area contributed by atoms with Crippen LogP contribution in [0.2, 0.25) is 0 Å². The number of piperidine rings is 1. The zero-order valence-corrected chi connectivity index (χ0v) is 9.86. The van der Waals surface area contributed by atoms with E-state index in [0.717, 1.165) is 18.4 Å². The van der Waals surface area contributed by atoms with E-state index >= 15 is 0 Å². The van der Waals surface area contributed by atoms with Crippen molar-refractivity contribution in [2.75, 3.05) is 6.61 Å². The van der Waals surface area contributed by atoms with Crippen LogP contribution < -0.4 is 10.1 Å². The number of hydrogen-bond acceptors (Lipinski definition) is 2. The molecule has 1 N–H and O–H groups in total. The number of hydrogen-bond donors (Lipinski definition) is 1. The molecule has 0 aromatic heterocycles. The first-order chi connectivity index (χ1) is 8.31. The largest absolute Gasteiger partial charge is 0.493 e. The van der Waals surface area contributed by atoms with E-state index in [4.69, 9.17) is 4.74 Å². The smallest absolute Gasteiger partial charge is 0.123 e. The molecular weight excluding hydrogens is 217 g/mol. The van der Waals surface area contributed by atoms with Crippen molar-refractivity contribution in [2.45, 2.75) is 37.8 Å². The van der Waals surface area contributed by atoms with Gasteiger partial charge >= 0.3 is 0 Å². The van der Waals surface area contributed by atoms with Crippen molar-refractivity contribution in [3.63, 3.8) is 0 Å². The second kappa shape index (κ2) is 4.65. The van der Waals surface area contributed by atoms with Gasteiger partial charge in [0.25, 0.3) is 0 Å². The molecule has 0 amide bonds. The number of halogens is 1. The Morgan fingerprint density at radius 3 is 2.71 bits per heavy atom. The molecule has 1 unspecified atom stereocenters. The molecule has 2 aliphatic rings. The lowest BCUT2D eigenvalue weighted by Crippen LogP contribution is -2.42. The van der Waals surface area contributed by atoms with Crippen molar-refractivity contribution in [1.29, 1.82) is 0 Å². The molecule has 3 atom stereocenters. The minimum Gasteiger partial charge on any atom is -0.493 e. The third-order valence-electron chi connectivity index (χ3n) is 4.01. The zero-order chi connectivity index (χ0) is 11.7. The molecule has 2 aliphatic heterocycles. The molecule has 3 heteroatoms. The van der Waals surface area contributed by atoms with Crippen LogP contribution in [0.5, 0.6) is 5.75 Å². The van der Waals surface area contributed by atoms with Crippen molar-refractivity contribution < 1.29 is 9.13 Å². The Labute approximate surface area is 101 Å². The summed E-state index contributed by atoms with van der Waals surface area (Å²) in [5, 5.41) is 3.65. The summed E-state index contributed by atoms with van der Waals surface area (Å²) in [5.74, 6) is 1.17. The molecule has 0 radical (unpaired) electrons. The monoisotopic (exact) mass is 235 g/mol. The fraction of sp³-hybridized carbons (Fsp3) is 0.571. The summed E-state index contributed by atoms with van der Waals surface area (Å²) in [6.45, 7) is 0.746. The predicted molar refractivity (Wildman–Crippen MR) is 64.6 cm³/mol. The van der Waals surface area contributed by atoms with Gasteiger partial charge in [0.05, 0.1) is 6.61 Å². The molecule has 0 saturated carbocycles. The van der Waals surface area contributed by atoms with Gasteiger partial charge < -0.3 is 10.1 Å². The van der Waals surface area contributed by atoms with E-state index in [-0.39, 0.29) is 5.82 Å². The minimum absolute atomic E-state index is 0.213. The molecule has 1 aromatic carbocycles. The van der Waals surface area contributed by atoms with Crippen molar-refractivity contribution in [2.24, 2.45) is 5.92 Å². The minimum atomic E-state index is -0.213. The van der Waals surface area contributed by atoms with Gasteiger partial charge in [-0.3, -0.25) is 0 Å². The highest BCUT2D eigenvalue weighted by molar-refractivity contribution is 5.22. The van der Waals surface area contributed by atoms with E-state index in [1.807, 2.05) is 0 Å². The molecule has 2 fully saturated rings. The molecule has 2 nitrogen and oxygen atoms in total. The summed E-state index contributed by atoms with van der Waals surface area (Å²) in [6, 6.07) is 7.67. The van der Waals surface area contributed by atoms with Crippen LogP contribution in [-0.2, 0) is 0 Å². The Morgan fingerprint density at radius 1 is 1.12 bits per heavy atom. The van der Waals surface area contributed by atoms with Gasteiger partial charge in [-0.15, -0.1) is 0 Å². The quantitative estimate of drug-likeness (QED) is 0.869. The summed E-state index contributed by atoms with van der Waals surface area (Å²) in [4.78, 5) is 0. The van der Waals surface area contributed by atoms with Crippen LogP contribution in [-0.4, -0.2) is 18.7 Å². The first-order valence-electron chi connectivity index (χ1n) is 6.46. The van der Waals surface area contributed by atoms with Gasteiger partial charge in [-0.25, -0.2) is 4.39 Å². The van der Waals surface area contributed by atoms with Crippen LogP contribution in [0.15, 0.2) is 24.3 Å². The van der Waals surface area contributed by atoms with Crippen molar-refractivity contribution >= 4 is 0 Å². The number of fused-ring (bicyclic) bond motifs is 2. The predicted octanol–water partition coefficient (Wildman–Crippen LogP) is 2.74. The van der Waals surface area contributed by atoms with E-state index in [9.17, 15) is 4.39 Å². The second-order valence-corrected chi connectivity index (χ2v) is 5.15. The van der Waals surface area contributed by atoms with Crippen LogP contribution in [0.3, 0.4) is 0 Å². The molecule has 2 saturated heterocycles. The third-order valence-corrected chi connectivity index (χ3v) is 4.01. The zero-order valence-electron chi connectivity index (χ0n) is 9.86. The van der Waals surface area contributed by atoms with Crippen molar-refractivity contribution in [3.05, 3.63) is 30.1 Å². The SMILES string of the molecule is Fc1ccc(OC[C@@H]2CCC3CC[C@@H]2N3)cc1. The molecule has 1 aromatic rings. The Balaban J connectivity index is 1.55. The van der Waals surface area contributed by atoms with E-state index in [1.54, 1.807) is 12.1 Å².